The van der Waals surface area contributed by atoms with Gasteiger partial charge in [0.05, 0.1) is 0 Å². The van der Waals surface area contributed by atoms with Crippen LogP contribution in [0.3, 0.4) is 0 Å². The van der Waals surface area contributed by atoms with E-state index >= 15 is 0 Å². The van der Waals surface area contributed by atoms with Crippen molar-refractivity contribution in [3.05, 3.63) is 18.1 Å². The average molecular weight is 334 g/mol. The minimum Gasteiger partial charge on any atom is -0.0885 e. The van der Waals surface area contributed by atoms with Gasteiger partial charge in [0.1, 0.15) is 0 Å². The lowest BCUT2D eigenvalue weighted by Gasteiger charge is -2.20. The van der Waals surface area contributed by atoms with Gasteiger partial charge in [-0.1, -0.05) is 103 Å². The van der Waals surface area contributed by atoms with Gasteiger partial charge < -0.3 is 0 Å². The molecule has 0 nitrogen and oxygen atoms in total. The molecular formula is C24H45. The summed E-state index contributed by atoms with van der Waals surface area (Å²) in [6, 6.07) is 0. The zero-order valence-electron chi connectivity index (χ0n) is 16.8. The van der Waals surface area contributed by atoms with E-state index in [-0.39, 0.29) is 0 Å². The van der Waals surface area contributed by atoms with E-state index in [0.717, 1.165) is 0 Å². The molecule has 1 radical (unpaired) electrons. The molecule has 1 saturated carbocycles. The first-order chi connectivity index (χ1) is 11.9. The standard InChI is InChI=1S/C24H45/c1-2-3-4-5-6-7-8-9-10-11-12-13-14-15-16-18-21-24-22-19-17-20-23-24/h9-10H,2-8,11-23H2,1H3/b10-9-. The highest BCUT2D eigenvalue weighted by molar-refractivity contribution is 4.91. The first kappa shape index (κ1) is 21.8. The summed E-state index contributed by atoms with van der Waals surface area (Å²) in [6.07, 6.45) is 33.5. The normalized spacial score (nSPS) is 16.2. The van der Waals surface area contributed by atoms with E-state index in [1.165, 1.54) is 128 Å². The highest BCUT2D eigenvalue weighted by atomic mass is 14.2. The van der Waals surface area contributed by atoms with Crippen molar-refractivity contribution in [3.63, 3.8) is 0 Å². The predicted octanol–water partition coefficient (Wildman–Crippen LogP) is 8.95. The van der Waals surface area contributed by atoms with Crippen LogP contribution in [0, 0.1) is 5.92 Å². The minimum absolute atomic E-state index is 1.31. The zero-order valence-corrected chi connectivity index (χ0v) is 16.8. The molecule has 0 bridgehead atoms. The van der Waals surface area contributed by atoms with Crippen LogP contribution in [0.5, 0.6) is 0 Å². The summed E-state index contributed by atoms with van der Waals surface area (Å²) >= 11 is 0. The van der Waals surface area contributed by atoms with Crippen LogP contribution in [0.4, 0.5) is 0 Å². The lowest BCUT2D eigenvalue weighted by atomic mass is 9.85. The maximum atomic E-state index is 2.44. The molecular weight excluding hydrogens is 288 g/mol. The van der Waals surface area contributed by atoms with E-state index in [2.05, 4.69) is 19.1 Å². The Hall–Kier alpha value is -0.260. The van der Waals surface area contributed by atoms with E-state index in [9.17, 15) is 0 Å². The molecule has 0 N–H and O–H groups in total. The van der Waals surface area contributed by atoms with Crippen molar-refractivity contribution in [2.75, 3.05) is 0 Å². The summed E-state index contributed by atoms with van der Waals surface area (Å²) in [5, 5.41) is 0. The summed E-state index contributed by atoms with van der Waals surface area (Å²) in [5.41, 5.74) is 0. The number of hydrogen-bond acceptors (Lipinski definition) is 0. The molecule has 141 valence electrons. The van der Waals surface area contributed by atoms with Gasteiger partial charge in [-0.25, -0.2) is 0 Å². The predicted molar refractivity (Wildman–Crippen MR) is 110 cm³/mol. The largest absolute Gasteiger partial charge is 0.0885 e. The number of rotatable bonds is 16. The van der Waals surface area contributed by atoms with Crippen LogP contribution in [-0.4, -0.2) is 0 Å². The number of unbranched alkanes of at least 4 members (excludes halogenated alkanes) is 12. The fourth-order valence-electron chi connectivity index (χ4n) is 3.92. The molecule has 0 aromatic rings. The molecule has 24 heavy (non-hydrogen) atoms. The van der Waals surface area contributed by atoms with Crippen LogP contribution in [-0.2, 0) is 0 Å². The van der Waals surface area contributed by atoms with E-state index in [0.29, 0.717) is 0 Å². The van der Waals surface area contributed by atoms with Gasteiger partial charge in [-0.15, -0.1) is 0 Å². The van der Waals surface area contributed by atoms with Gasteiger partial charge in [-0.2, -0.15) is 0 Å². The second kappa shape index (κ2) is 17.6. The molecule has 0 unspecified atom stereocenters. The average Bonchev–Trinajstić information content (AvgIpc) is 2.62. The molecule has 0 amide bonds. The molecule has 0 atom stereocenters. The Morgan fingerprint density at radius 3 is 1.67 bits per heavy atom. The van der Waals surface area contributed by atoms with Crippen LogP contribution in [0.1, 0.15) is 135 Å². The van der Waals surface area contributed by atoms with Crippen molar-refractivity contribution < 1.29 is 0 Å². The van der Waals surface area contributed by atoms with Crippen LogP contribution in [0.25, 0.3) is 0 Å². The molecule has 1 fully saturated rings. The SMILES string of the molecule is CCCCCCCC/C=C\CCCCCCCC[C]1CCCCC1. The molecule has 1 aliphatic carbocycles. The quantitative estimate of drug-likeness (QED) is 0.195. The number of allylic oxidation sites excluding steroid dienone is 2. The Balaban J connectivity index is 1.71. The maximum absolute atomic E-state index is 2.44. The van der Waals surface area contributed by atoms with Crippen molar-refractivity contribution in [2.24, 2.45) is 0 Å². The third kappa shape index (κ3) is 14.1. The molecule has 1 rings (SSSR count). The Labute approximate surface area is 153 Å². The molecule has 0 aliphatic heterocycles. The maximum Gasteiger partial charge on any atom is -0.0241 e. The minimum atomic E-state index is 1.31. The van der Waals surface area contributed by atoms with Gasteiger partial charge in [0.25, 0.3) is 0 Å². The monoisotopic (exact) mass is 333 g/mol. The first-order valence-corrected chi connectivity index (χ1v) is 11.4. The van der Waals surface area contributed by atoms with Crippen molar-refractivity contribution in [2.45, 2.75) is 135 Å². The molecule has 1 aliphatic rings. The van der Waals surface area contributed by atoms with Crippen molar-refractivity contribution in [1.82, 2.24) is 0 Å². The molecule has 0 spiro atoms. The molecule has 0 heterocycles. The van der Waals surface area contributed by atoms with E-state index < -0.39 is 0 Å². The summed E-state index contributed by atoms with van der Waals surface area (Å²) in [6.45, 7) is 2.29. The van der Waals surface area contributed by atoms with Crippen molar-refractivity contribution >= 4 is 0 Å². The summed E-state index contributed by atoms with van der Waals surface area (Å²) in [4.78, 5) is 0. The van der Waals surface area contributed by atoms with Crippen LogP contribution in [0.15, 0.2) is 12.2 Å². The topological polar surface area (TPSA) is 0 Å². The van der Waals surface area contributed by atoms with E-state index in [4.69, 9.17) is 0 Å². The zero-order chi connectivity index (χ0) is 17.1. The lowest BCUT2D eigenvalue weighted by Crippen LogP contribution is -2.03. The first-order valence-electron chi connectivity index (χ1n) is 11.4. The highest BCUT2D eigenvalue weighted by Crippen LogP contribution is 2.29. The molecule has 0 heteroatoms. The fraction of sp³-hybridized carbons (Fsp3) is 0.875. The Kier molecular flexibility index (Phi) is 15.9. The van der Waals surface area contributed by atoms with Crippen LogP contribution < -0.4 is 0 Å². The highest BCUT2D eigenvalue weighted by Gasteiger charge is 2.12. The van der Waals surface area contributed by atoms with Crippen molar-refractivity contribution in [1.29, 1.82) is 0 Å². The molecule has 0 aromatic heterocycles. The van der Waals surface area contributed by atoms with Gasteiger partial charge in [0.2, 0.25) is 0 Å². The summed E-state index contributed by atoms with van der Waals surface area (Å²) in [5.74, 6) is 1.89. The van der Waals surface area contributed by atoms with Crippen LogP contribution >= 0.6 is 0 Å². The van der Waals surface area contributed by atoms with Gasteiger partial charge in [0.15, 0.2) is 0 Å². The second-order valence-corrected chi connectivity index (χ2v) is 8.00. The van der Waals surface area contributed by atoms with Crippen LogP contribution in [0.2, 0.25) is 0 Å². The third-order valence-electron chi connectivity index (χ3n) is 5.60. The summed E-state index contributed by atoms with van der Waals surface area (Å²) < 4.78 is 0. The van der Waals surface area contributed by atoms with Gasteiger partial charge in [0, 0.05) is 0 Å². The summed E-state index contributed by atoms with van der Waals surface area (Å²) in [7, 11) is 0. The fourth-order valence-corrected chi connectivity index (χ4v) is 3.92. The third-order valence-corrected chi connectivity index (χ3v) is 5.60. The molecule has 0 saturated heterocycles. The lowest BCUT2D eigenvalue weighted by molar-refractivity contribution is 0.485. The Morgan fingerprint density at radius 2 is 1.08 bits per heavy atom. The van der Waals surface area contributed by atoms with E-state index in [1.54, 1.807) is 0 Å². The Morgan fingerprint density at radius 1 is 0.583 bits per heavy atom. The van der Waals surface area contributed by atoms with Gasteiger partial charge in [-0.3, -0.25) is 0 Å². The smallest absolute Gasteiger partial charge is 0.0241 e. The second-order valence-electron chi connectivity index (χ2n) is 8.00. The number of hydrogen-bond donors (Lipinski definition) is 0. The van der Waals surface area contributed by atoms with E-state index in [1.807, 2.05) is 5.92 Å². The van der Waals surface area contributed by atoms with Gasteiger partial charge in [-0.05, 0) is 50.9 Å². The van der Waals surface area contributed by atoms with Crippen molar-refractivity contribution in [3.8, 4) is 0 Å². The molecule has 0 aromatic carbocycles. The Bertz CT molecular complexity index is 259. The van der Waals surface area contributed by atoms with Gasteiger partial charge >= 0.3 is 0 Å².